The fourth-order valence-electron chi connectivity index (χ4n) is 2.55. The van der Waals surface area contributed by atoms with Crippen LogP contribution < -0.4 is 15.1 Å². The van der Waals surface area contributed by atoms with Crippen molar-refractivity contribution in [2.24, 2.45) is 0 Å². The minimum Gasteiger partial charge on any atom is -0.321 e. The molecule has 1 aromatic carbocycles. The molecule has 1 saturated heterocycles. The monoisotopic (exact) mass is 313 g/mol. The Morgan fingerprint density at radius 3 is 2.19 bits per heavy atom. The van der Waals surface area contributed by atoms with Crippen LogP contribution in [0.2, 0.25) is 0 Å². The molecule has 21 heavy (non-hydrogen) atoms. The van der Waals surface area contributed by atoms with Crippen LogP contribution in [-0.2, 0) is 4.79 Å². The molecule has 0 unspecified atom stereocenters. The molecule has 1 aromatic rings. The van der Waals surface area contributed by atoms with Crippen molar-refractivity contribution in [3.63, 3.8) is 0 Å². The largest absolute Gasteiger partial charge is 0.321 e. The van der Waals surface area contributed by atoms with Crippen molar-refractivity contribution in [3.05, 3.63) is 41.7 Å². The van der Waals surface area contributed by atoms with Gasteiger partial charge in [-0.15, -0.1) is 0 Å². The summed E-state index contributed by atoms with van der Waals surface area (Å²) in [6.07, 6.45) is 0. The maximum absolute atomic E-state index is 12.8. The Kier molecular flexibility index (Phi) is 5.73. The average Bonchev–Trinajstić information content (AvgIpc) is 2.43. The van der Waals surface area contributed by atoms with Gasteiger partial charge in [0, 0.05) is 5.69 Å². The molecular weight excluding hydrogens is 293 g/mol. The van der Waals surface area contributed by atoms with E-state index >= 15 is 0 Å². The molecule has 0 bridgehead atoms. The highest BCUT2D eigenvalue weighted by atomic mass is 35.5. The Balaban J connectivity index is 1.74. The first-order valence-electron chi connectivity index (χ1n) is 7.09. The van der Waals surface area contributed by atoms with Gasteiger partial charge in [0.2, 0.25) is 0 Å². The van der Waals surface area contributed by atoms with Crippen LogP contribution >= 0.6 is 11.6 Å². The first-order valence-corrected chi connectivity index (χ1v) is 7.46. The van der Waals surface area contributed by atoms with E-state index in [-0.39, 0.29) is 11.7 Å². The molecule has 0 aromatic heterocycles. The standard InChI is InChI=1S/C15H19ClFN3O/c1-12(16)10-19-6-8-20(9-7-19)11-15(21)18-14-4-2-13(17)3-5-14/h2-5H,1,6-11H2,(H,18,21)/p+2. The number of amides is 1. The second-order valence-electron chi connectivity index (χ2n) is 5.43. The maximum Gasteiger partial charge on any atom is 0.279 e. The van der Waals surface area contributed by atoms with Crippen molar-refractivity contribution in [1.82, 2.24) is 0 Å². The lowest BCUT2D eigenvalue weighted by molar-refractivity contribution is -1.01. The molecular formula is C15H21ClFN3O+2. The van der Waals surface area contributed by atoms with Gasteiger partial charge in [0.05, 0.1) is 5.03 Å². The molecule has 1 aliphatic rings. The van der Waals surface area contributed by atoms with Crippen LogP contribution in [0.4, 0.5) is 10.1 Å². The van der Waals surface area contributed by atoms with E-state index < -0.39 is 0 Å². The van der Waals surface area contributed by atoms with Crippen molar-refractivity contribution in [3.8, 4) is 0 Å². The van der Waals surface area contributed by atoms with E-state index in [2.05, 4.69) is 11.9 Å². The van der Waals surface area contributed by atoms with Gasteiger partial charge in [0.15, 0.2) is 6.54 Å². The van der Waals surface area contributed by atoms with Crippen molar-refractivity contribution < 1.29 is 19.0 Å². The fraction of sp³-hybridized carbons (Fsp3) is 0.400. The molecule has 1 fully saturated rings. The van der Waals surface area contributed by atoms with E-state index in [1.807, 2.05) is 0 Å². The maximum atomic E-state index is 12.8. The lowest BCUT2D eigenvalue weighted by Crippen LogP contribution is -3.28. The van der Waals surface area contributed by atoms with Gasteiger partial charge in [-0.3, -0.25) is 4.79 Å². The smallest absolute Gasteiger partial charge is 0.279 e. The van der Waals surface area contributed by atoms with Gasteiger partial charge >= 0.3 is 0 Å². The molecule has 0 radical (unpaired) electrons. The highest BCUT2D eigenvalue weighted by Gasteiger charge is 2.24. The normalized spacial score (nSPS) is 21.8. The minimum absolute atomic E-state index is 0.0400. The number of hydrogen-bond donors (Lipinski definition) is 3. The first kappa shape index (κ1) is 15.9. The highest BCUT2D eigenvalue weighted by molar-refractivity contribution is 6.29. The molecule has 1 aliphatic heterocycles. The number of anilines is 1. The molecule has 6 heteroatoms. The number of benzene rings is 1. The van der Waals surface area contributed by atoms with Crippen LogP contribution in [0.1, 0.15) is 0 Å². The van der Waals surface area contributed by atoms with E-state index in [9.17, 15) is 9.18 Å². The Bertz CT molecular complexity index is 498. The predicted octanol–water partition coefficient (Wildman–Crippen LogP) is -0.700. The Morgan fingerprint density at radius 2 is 1.67 bits per heavy atom. The third-order valence-corrected chi connectivity index (χ3v) is 3.78. The van der Waals surface area contributed by atoms with Crippen molar-refractivity contribution in [1.29, 1.82) is 0 Å². The molecule has 2 rings (SSSR count). The SMILES string of the molecule is C=C(Cl)C[NH+]1CC[NH+](CC(=O)Nc2ccc(F)cc2)CC1. The minimum atomic E-state index is -0.307. The molecule has 114 valence electrons. The molecule has 0 spiro atoms. The summed E-state index contributed by atoms with van der Waals surface area (Å²) in [6.45, 7) is 8.81. The molecule has 0 atom stereocenters. The molecule has 0 aliphatic carbocycles. The summed E-state index contributed by atoms with van der Waals surface area (Å²) < 4.78 is 12.8. The Hall–Kier alpha value is -1.43. The Labute approximate surface area is 129 Å². The molecule has 1 heterocycles. The summed E-state index contributed by atoms with van der Waals surface area (Å²) in [4.78, 5) is 14.6. The van der Waals surface area contributed by atoms with Crippen molar-refractivity contribution in [2.45, 2.75) is 0 Å². The third-order valence-electron chi connectivity index (χ3n) is 3.64. The average molecular weight is 314 g/mol. The van der Waals surface area contributed by atoms with Gasteiger partial charge in [-0.25, -0.2) is 4.39 Å². The van der Waals surface area contributed by atoms with Gasteiger partial charge in [-0.2, -0.15) is 0 Å². The molecule has 3 N–H and O–H groups in total. The second kappa shape index (κ2) is 7.54. The van der Waals surface area contributed by atoms with Gasteiger partial charge in [-0.1, -0.05) is 18.2 Å². The lowest BCUT2D eigenvalue weighted by Gasteiger charge is -2.29. The van der Waals surface area contributed by atoms with Gasteiger partial charge in [0.1, 0.15) is 38.5 Å². The number of hydrogen-bond acceptors (Lipinski definition) is 1. The number of nitrogens with one attached hydrogen (secondary N) is 3. The van der Waals surface area contributed by atoms with Crippen LogP contribution in [0.15, 0.2) is 35.9 Å². The van der Waals surface area contributed by atoms with E-state index in [4.69, 9.17) is 11.6 Å². The fourth-order valence-corrected chi connectivity index (χ4v) is 2.74. The number of carbonyl (C=O) groups excluding carboxylic acids is 1. The summed E-state index contributed by atoms with van der Waals surface area (Å²) in [5.41, 5.74) is 0.628. The summed E-state index contributed by atoms with van der Waals surface area (Å²) in [5.74, 6) is -0.347. The third kappa shape index (κ3) is 5.46. The molecule has 1 amide bonds. The van der Waals surface area contributed by atoms with E-state index in [1.54, 1.807) is 12.1 Å². The van der Waals surface area contributed by atoms with Gasteiger partial charge < -0.3 is 15.1 Å². The zero-order valence-corrected chi connectivity index (χ0v) is 12.7. The summed E-state index contributed by atoms with van der Waals surface area (Å²) in [5, 5.41) is 3.47. The number of piperazine rings is 1. The first-order chi connectivity index (χ1) is 10.0. The second-order valence-corrected chi connectivity index (χ2v) is 5.96. The van der Waals surface area contributed by atoms with E-state index in [0.29, 0.717) is 17.3 Å². The summed E-state index contributed by atoms with van der Waals surface area (Å²) in [6, 6.07) is 5.81. The topological polar surface area (TPSA) is 38.0 Å². The highest BCUT2D eigenvalue weighted by Crippen LogP contribution is 2.07. The van der Waals surface area contributed by atoms with Crippen molar-refractivity contribution in [2.75, 3.05) is 44.6 Å². The summed E-state index contributed by atoms with van der Waals surface area (Å²) >= 11 is 5.82. The lowest BCUT2D eigenvalue weighted by atomic mass is 10.3. The summed E-state index contributed by atoms with van der Waals surface area (Å²) in [7, 11) is 0. The van der Waals surface area contributed by atoms with Gasteiger partial charge in [0.25, 0.3) is 5.91 Å². The number of quaternary nitrogens is 2. The van der Waals surface area contributed by atoms with Crippen LogP contribution in [0.5, 0.6) is 0 Å². The number of rotatable bonds is 5. The van der Waals surface area contributed by atoms with Gasteiger partial charge in [-0.05, 0) is 24.3 Å². The number of carbonyl (C=O) groups is 1. The Morgan fingerprint density at radius 1 is 1.14 bits per heavy atom. The quantitative estimate of drug-likeness (QED) is 0.661. The predicted molar refractivity (Wildman–Crippen MR) is 81.2 cm³/mol. The van der Waals surface area contributed by atoms with Crippen molar-refractivity contribution >= 4 is 23.2 Å². The molecule has 4 nitrogen and oxygen atoms in total. The molecule has 0 saturated carbocycles. The number of halogens is 2. The van der Waals surface area contributed by atoms with E-state index in [1.165, 1.54) is 21.9 Å². The van der Waals surface area contributed by atoms with Crippen LogP contribution in [0, 0.1) is 5.82 Å². The zero-order valence-electron chi connectivity index (χ0n) is 11.9. The van der Waals surface area contributed by atoms with E-state index in [0.717, 1.165) is 32.7 Å². The van der Waals surface area contributed by atoms with Crippen LogP contribution in [-0.4, -0.2) is 45.2 Å². The van der Waals surface area contributed by atoms with Crippen LogP contribution in [0.25, 0.3) is 0 Å². The van der Waals surface area contributed by atoms with Crippen LogP contribution in [0.3, 0.4) is 0 Å². The zero-order chi connectivity index (χ0) is 15.2.